The molecule has 0 aromatic heterocycles. The second-order valence-corrected chi connectivity index (χ2v) is 4.72. The third kappa shape index (κ3) is 4.48. The van der Waals surface area contributed by atoms with Crippen LogP contribution in [0, 0.1) is 0 Å². The van der Waals surface area contributed by atoms with Gasteiger partial charge in [-0.2, -0.15) is 26.3 Å². The van der Waals surface area contributed by atoms with Gasteiger partial charge in [0, 0.05) is 6.42 Å². The first kappa shape index (κ1) is 19.4. The van der Waals surface area contributed by atoms with Crippen molar-refractivity contribution in [3.05, 3.63) is 0 Å². The molecule has 0 saturated heterocycles. The molecule has 0 rings (SSSR count). The molecule has 122 valence electrons. The van der Waals surface area contributed by atoms with Gasteiger partial charge in [0.25, 0.3) is 0 Å². The molecule has 0 saturated carbocycles. The SMILES string of the molecule is CCCCCCCCC(F)(F)C(F)(F)C(F)(F)C(F)F. The number of hydrogen-bond acceptors (Lipinski definition) is 0. The van der Waals surface area contributed by atoms with E-state index in [1.54, 1.807) is 0 Å². The highest BCUT2D eigenvalue weighted by atomic mass is 19.4. The minimum Gasteiger partial charge on any atom is -0.203 e. The Labute approximate surface area is 112 Å². The molecule has 0 N–H and O–H groups in total. The molecule has 0 amide bonds. The largest absolute Gasteiger partial charge is 0.377 e. The van der Waals surface area contributed by atoms with E-state index in [4.69, 9.17) is 0 Å². The van der Waals surface area contributed by atoms with Gasteiger partial charge in [-0.1, -0.05) is 39.0 Å². The predicted molar refractivity (Wildman–Crippen MR) is 58.8 cm³/mol. The molecule has 0 aliphatic carbocycles. The molecule has 0 unspecified atom stereocenters. The highest BCUT2D eigenvalue weighted by molar-refractivity contribution is 4.97. The van der Waals surface area contributed by atoms with E-state index in [1.807, 2.05) is 6.92 Å². The Morgan fingerprint density at radius 1 is 0.750 bits per heavy atom. The van der Waals surface area contributed by atoms with E-state index in [2.05, 4.69) is 0 Å². The Morgan fingerprint density at radius 2 is 1.20 bits per heavy atom. The monoisotopic (exact) mass is 314 g/mol. The van der Waals surface area contributed by atoms with E-state index in [0.29, 0.717) is 6.42 Å². The van der Waals surface area contributed by atoms with Crippen LogP contribution < -0.4 is 0 Å². The average Bonchev–Trinajstić information content (AvgIpc) is 2.32. The molecule has 0 aromatic rings. The number of unbranched alkanes of at least 4 members (excludes halogenated alkanes) is 5. The van der Waals surface area contributed by atoms with Crippen LogP contribution in [-0.4, -0.2) is 24.2 Å². The first-order valence-electron chi connectivity index (χ1n) is 6.42. The second-order valence-electron chi connectivity index (χ2n) is 4.72. The maximum atomic E-state index is 13.1. The van der Waals surface area contributed by atoms with Crippen LogP contribution in [0.1, 0.15) is 51.9 Å². The summed E-state index contributed by atoms with van der Waals surface area (Å²) in [5.74, 6) is -17.3. The molecule has 8 heteroatoms. The number of halogens is 8. The van der Waals surface area contributed by atoms with Crippen LogP contribution >= 0.6 is 0 Å². The molecule has 0 nitrogen and oxygen atoms in total. The molecule has 0 atom stereocenters. The minimum absolute atomic E-state index is 0.173. The van der Waals surface area contributed by atoms with Crippen molar-refractivity contribution in [1.29, 1.82) is 0 Å². The predicted octanol–water partition coefficient (Wildman–Crippen LogP) is 5.91. The Kier molecular flexibility index (Phi) is 7.24. The van der Waals surface area contributed by atoms with Crippen LogP contribution in [0.2, 0.25) is 0 Å². The van der Waals surface area contributed by atoms with Crippen LogP contribution in [-0.2, 0) is 0 Å². The van der Waals surface area contributed by atoms with Gasteiger partial charge in [-0.3, -0.25) is 0 Å². The maximum absolute atomic E-state index is 13.1. The Hall–Kier alpha value is -0.560. The van der Waals surface area contributed by atoms with Gasteiger partial charge in [-0.25, -0.2) is 8.78 Å². The summed E-state index contributed by atoms with van der Waals surface area (Å²) in [4.78, 5) is 0. The summed E-state index contributed by atoms with van der Waals surface area (Å²) in [5, 5.41) is 0. The van der Waals surface area contributed by atoms with Gasteiger partial charge in [-0.15, -0.1) is 0 Å². The zero-order valence-electron chi connectivity index (χ0n) is 11.1. The van der Waals surface area contributed by atoms with E-state index < -0.39 is 37.0 Å². The van der Waals surface area contributed by atoms with E-state index in [1.165, 1.54) is 0 Å². The van der Waals surface area contributed by atoms with E-state index in [-0.39, 0.29) is 6.42 Å². The normalized spacial score (nSPS) is 14.1. The molecule has 0 aliphatic heterocycles. The Balaban J connectivity index is 4.47. The lowest BCUT2D eigenvalue weighted by Gasteiger charge is -2.32. The molecular weight excluding hydrogens is 296 g/mol. The van der Waals surface area contributed by atoms with Crippen molar-refractivity contribution in [2.24, 2.45) is 0 Å². The van der Waals surface area contributed by atoms with Crippen LogP contribution in [0.4, 0.5) is 35.1 Å². The van der Waals surface area contributed by atoms with Gasteiger partial charge < -0.3 is 0 Å². The fourth-order valence-electron chi connectivity index (χ4n) is 1.67. The molecule has 0 aromatic carbocycles. The van der Waals surface area contributed by atoms with Gasteiger partial charge in [0.1, 0.15) is 0 Å². The van der Waals surface area contributed by atoms with Crippen molar-refractivity contribution in [2.45, 2.75) is 76.1 Å². The van der Waals surface area contributed by atoms with Crippen LogP contribution in [0.15, 0.2) is 0 Å². The summed E-state index contributed by atoms with van der Waals surface area (Å²) < 4.78 is 101. The van der Waals surface area contributed by atoms with Crippen LogP contribution in [0.25, 0.3) is 0 Å². The first-order valence-corrected chi connectivity index (χ1v) is 6.42. The standard InChI is InChI=1S/C12H18F8/c1-2-3-4-5-6-7-8-10(15,16)12(19,20)11(17,18)9(13)14/h9H,2-8H2,1H3. The van der Waals surface area contributed by atoms with Crippen LogP contribution in [0.3, 0.4) is 0 Å². The summed E-state index contributed by atoms with van der Waals surface area (Å²) in [7, 11) is 0. The molecule has 0 bridgehead atoms. The third-order valence-electron chi connectivity index (χ3n) is 3.00. The van der Waals surface area contributed by atoms with Gasteiger partial charge in [0.15, 0.2) is 0 Å². The molecule has 0 radical (unpaired) electrons. The van der Waals surface area contributed by atoms with Gasteiger partial charge in [0.05, 0.1) is 0 Å². The van der Waals surface area contributed by atoms with E-state index in [9.17, 15) is 35.1 Å². The Morgan fingerprint density at radius 3 is 1.65 bits per heavy atom. The van der Waals surface area contributed by atoms with E-state index >= 15 is 0 Å². The average molecular weight is 314 g/mol. The van der Waals surface area contributed by atoms with E-state index in [0.717, 1.165) is 19.3 Å². The lowest BCUT2D eigenvalue weighted by Crippen LogP contribution is -2.57. The summed E-state index contributed by atoms with van der Waals surface area (Å²) in [5.41, 5.74) is 0. The molecule has 0 aliphatic rings. The number of hydrogen-bond donors (Lipinski definition) is 0. The van der Waals surface area contributed by atoms with Crippen molar-refractivity contribution in [3.8, 4) is 0 Å². The van der Waals surface area contributed by atoms with Crippen molar-refractivity contribution >= 4 is 0 Å². The highest BCUT2D eigenvalue weighted by Gasteiger charge is 2.74. The summed E-state index contributed by atoms with van der Waals surface area (Å²) in [6.45, 7) is 1.92. The second kappa shape index (κ2) is 7.45. The molecular formula is C12H18F8. The van der Waals surface area contributed by atoms with Crippen LogP contribution in [0.5, 0.6) is 0 Å². The Bertz CT molecular complexity index is 275. The third-order valence-corrected chi connectivity index (χ3v) is 3.00. The quantitative estimate of drug-likeness (QED) is 0.347. The lowest BCUT2D eigenvalue weighted by molar-refractivity contribution is -0.339. The minimum atomic E-state index is -6.06. The van der Waals surface area contributed by atoms with Crippen molar-refractivity contribution in [1.82, 2.24) is 0 Å². The highest BCUT2D eigenvalue weighted by Crippen LogP contribution is 2.50. The van der Waals surface area contributed by atoms with Gasteiger partial charge in [0.2, 0.25) is 0 Å². The zero-order chi connectivity index (χ0) is 16.0. The number of rotatable bonds is 10. The van der Waals surface area contributed by atoms with Crippen molar-refractivity contribution < 1.29 is 35.1 Å². The van der Waals surface area contributed by atoms with Gasteiger partial charge in [-0.05, 0) is 6.42 Å². The molecule has 0 heterocycles. The first-order chi connectivity index (χ1) is 9.00. The van der Waals surface area contributed by atoms with Crippen molar-refractivity contribution in [2.75, 3.05) is 0 Å². The molecule has 20 heavy (non-hydrogen) atoms. The smallest absolute Gasteiger partial charge is 0.203 e. The summed E-state index contributed by atoms with van der Waals surface area (Å²) in [6.07, 6.45) is -3.61. The topological polar surface area (TPSA) is 0 Å². The van der Waals surface area contributed by atoms with Gasteiger partial charge >= 0.3 is 24.2 Å². The summed E-state index contributed by atoms with van der Waals surface area (Å²) >= 11 is 0. The fourth-order valence-corrected chi connectivity index (χ4v) is 1.67. The lowest BCUT2D eigenvalue weighted by atomic mass is 9.98. The molecule has 0 spiro atoms. The fraction of sp³-hybridized carbons (Fsp3) is 1.00. The zero-order valence-corrected chi connectivity index (χ0v) is 11.1. The number of alkyl halides is 8. The maximum Gasteiger partial charge on any atom is 0.377 e. The van der Waals surface area contributed by atoms with Crippen molar-refractivity contribution in [3.63, 3.8) is 0 Å². The molecule has 0 fully saturated rings. The summed E-state index contributed by atoms with van der Waals surface area (Å²) in [6, 6.07) is 0.